The number of hydrogen-bond acceptors (Lipinski definition) is 6. The Morgan fingerprint density at radius 3 is 1.16 bits per heavy atom. The van der Waals surface area contributed by atoms with Crippen molar-refractivity contribution in [3.8, 4) is 0 Å². The van der Waals surface area contributed by atoms with E-state index in [4.69, 9.17) is 9.47 Å². The molecule has 0 aliphatic heterocycles. The Bertz CT molecular complexity index is 801. The minimum absolute atomic E-state index is 0.0528. The molecular weight excluding hydrogens is 751 g/mol. The maximum atomic E-state index is 12.1. The van der Waals surface area contributed by atoms with Gasteiger partial charge in [-0.2, -0.15) is 0 Å². The molecule has 0 aromatic heterocycles. The van der Waals surface area contributed by atoms with Crippen molar-refractivity contribution in [2.24, 2.45) is 0 Å². The van der Waals surface area contributed by atoms with E-state index in [0.717, 1.165) is 62.9 Å². The number of ether oxygens (including phenoxy) is 2. The Hall–Kier alpha value is -0.601. The molecule has 0 atom stereocenters. The van der Waals surface area contributed by atoms with Crippen LogP contribution in [0.3, 0.4) is 0 Å². The average molecular weight is 828 g/mol. The SMILES string of the molecule is CCCCC/C=C\C/C=C\CCCCCCCC(=O)OCC[S][Sn]([CH3])([CH3])[S]CCOC(=O)CCCCCCC/C=C\C/C=C\CCCCC. The van der Waals surface area contributed by atoms with Gasteiger partial charge in [-0.25, -0.2) is 0 Å². The molecule has 0 saturated carbocycles. The summed E-state index contributed by atoms with van der Waals surface area (Å²) in [5.74, 6) is 1.64. The Labute approximate surface area is 313 Å². The van der Waals surface area contributed by atoms with Gasteiger partial charge in [0.05, 0.1) is 0 Å². The molecule has 0 N–H and O–H groups in total. The monoisotopic (exact) mass is 828 g/mol. The van der Waals surface area contributed by atoms with Crippen molar-refractivity contribution in [1.82, 2.24) is 0 Å². The summed E-state index contributed by atoms with van der Waals surface area (Å²) in [5.41, 5.74) is 0. The minimum atomic E-state index is -2.32. The van der Waals surface area contributed by atoms with E-state index >= 15 is 0 Å². The summed E-state index contributed by atoms with van der Waals surface area (Å²) in [5, 5.41) is 0. The van der Waals surface area contributed by atoms with Crippen LogP contribution in [-0.2, 0) is 19.1 Å². The molecule has 0 aromatic carbocycles. The van der Waals surface area contributed by atoms with Gasteiger partial charge in [-0.3, -0.25) is 0 Å². The Morgan fingerprint density at radius 1 is 0.469 bits per heavy atom. The number of rotatable bonds is 36. The minimum Gasteiger partial charge on any atom is -0.0882 e. The van der Waals surface area contributed by atoms with Crippen molar-refractivity contribution in [2.75, 3.05) is 24.7 Å². The van der Waals surface area contributed by atoms with Crippen LogP contribution in [0.1, 0.15) is 168 Å². The number of unbranched alkanes of at least 4 members (excludes halogenated alkanes) is 16. The van der Waals surface area contributed by atoms with E-state index in [1.54, 1.807) is 0 Å². The smallest absolute Gasteiger partial charge is 0.0882 e. The first-order chi connectivity index (χ1) is 23.9. The molecule has 0 saturated heterocycles. The van der Waals surface area contributed by atoms with Gasteiger partial charge in [0.15, 0.2) is 0 Å². The van der Waals surface area contributed by atoms with Crippen LogP contribution in [0.5, 0.6) is 0 Å². The van der Waals surface area contributed by atoms with Crippen molar-refractivity contribution in [1.29, 1.82) is 0 Å². The third-order valence-electron chi connectivity index (χ3n) is 8.26. The predicted molar refractivity (Wildman–Crippen MR) is 223 cm³/mol. The van der Waals surface area contributed by atoms with Crippen molar-refractivity contribution in [3.05, 3.63) is 48.6 Å². The molecule has 0 amide bonds. The summed E-state index contributed by atoms with van der Waals surface area (Å²) in [6, 6.07) is 0. The second-order valence-corrected chi connectivity index (χ2v) is 43.3. The molecular formula is C42H76O4S2Sn. The summed E-state index contributed by atoms with van der Waals surface area (Å²) in [7, 11) is 4.00. The fourth-order valence-corrected chi connectivity index (χ4v) is 22.2. The molecule has 0 rings (SSSR count). The molecule has 4 nitrogen and oxygen atoms in total. The number of allylic oxidation sites excluding steroid dienone is 8. The molecule has 0 aliphatic rings. The van der Waals surface area contributed by atoms with Crippen LogP contribution < -0.4 is 0 Å². The van der Waals surface area contributed by atoms with Crippen LogP contribution in [0, 0.1) is 0 Å². The van der Waals surface area contributed by atoms with Gasteiger partial charge in [-0.05, 0) is 38.5 Å². The predicted octanol–water partition coefficient (Wildman–Crippen LogP) is 13.9. The van der Waals surface area contributed by atoms with Crippen molar-refractivity contribution >= 4 is 45.4 Å². The molecule has 0 heterocycles. The van der Waals surface area contributed by atoms with Crippen LogP contribution in [-0.4, -0.2) is 52.3 Å². The van der Waals surface area contributed by atoms with E-state index in [-0.39, 0.29) is 11.9 Å². The van der Waals surface area contributed by atoms with Gasteiger partial charge in [-0.15, -0.1) is 0 Å². The second kappa shape index (κ2) is 38.6. The molecule has 0 unspecified atom stereocenters. The average Bonchev–Trinajstić information content (AvgIpc) is 3.08. The Balaban J connectivity index is 3.57. The first kappa shape index (κ1) is 48.4. The van der Waals surface area contributed by atoms with E-state index in [1.807, 2.05) is 17.9 Å². The third kappa shape index (κ3) is 40.0. The van der Waals surface area contributed by atoms with Gasteiger partial charge in [0.1, 0.15) is 0 Å². The number of hydrogen-bond donors (Lipinski definition) is 0. The molecule has 0 bridgehead atoms. The van der Waals surface area contributed by atoms with E-state index in [0.29, 0.717) is 26.1 Å². The van der Waals surface area contributed by atoms with Crippen molar-refractivity contribution < 1.29 is 19.1 Å². The van der Waals surface area contributed by atoms with Gasteiger partial charge in [0.25, 0.3) is 0 Å². The zero-order valence-electron chi connectivity index (χ0n) is 32.4. The topological polar surface area (TPSA) is 52.6 Å². The zero-order chi connectivity index (χ0) is 35.9. The molecule has 7 heteroatoms. The Morgan fingerprint density at radius 2 is 0.796 bits per heavy atom. The number of carbonyl (C=O) groups excluding carboxylic acids is 2. The van der Waals surface area contributed by atoms with Crippen molar-refractivity contribution in [2.45, 2.75) is 178 Å². The number of carbonyl (C=O) groups is 2. The summed E-state index contributed by atoms with van der Waals surface area (Å²) in [6.07, 6.45) is 45.6. The summed E-state index contributed by atoms with van der Waals surface area (Å²) < 4.78 is 11.0. The fraction of sp³-hybridized carbons (Fsp3) is 0.762. The molecule has 0 spiro atoms. The van der Waals surface area contributed by atoms with Gasteiger partial charge >= 0.3 is 189 Å². The fourth-order valence-electron chi connectivity index (χ4n) is 5.23. The second-order valence-electron chi connectivity index (χ2n) is 13.5. The van der Waals surface area contributed by atoms with Crippen LogP contribution in [0.15, 0.2) is 48.6 Å². The standard InChI is InChI=1S/2C20H36O2S.2CH3.Sn/c2*1-2-3-4-5-6-7-8-9-10-11-12-13-14-15-16-17-20(21)22-18-19-23;;;/h2*6-7,9-10,23H,2-5,8,11-19H2,1H3;2*1H3;/q;;;;+2/p-2/b2*7-6-,10-9-;;;. The molecule has 0 aromatic rings. The first-order valence-corrected chi connectivity index (χ1v) is 34.8. The van der Waals surface area contributed by atoms with Gasteiger partial charge in [0, 0.05) is 0 Å². The Kier molecular flexibility index (Phi) is 38.2. The molecule has 0 fully saturated rings. The van der Waals surface area contributed by atoms with Crippen LogP contribution in [0.4, 0.5) is 0 Å². The van der Waals surface area contributed by atoms with E-state index in [1.165, 1.54) is 89.9 Å². The third-order valence-corrected chi connectivity index (χ3v) is 30.5. The summed E-state index contributed by atoms with van der Waals surface area (Å²) in [4.78, 5) is 29.0. The van der Waals surface area contributed by atoms with Gasteiger partial charge < -0.3 is 0 Å². The summed E-state index contributed by atoms with van der Waals surface area (Å²) in [6.45, 7) is 5.51. The molecule has 0 aliphatic carbocycles. The van der Waals surface area contributed by atoms with E-state index < -0.39 is 15.6 Å². The number of esters is 2. The molecule has 0 radical (unpaired) electrons. The molecule has 284 valence electrons. The first-order valence-electron chi connectivity index (χ1n) is 20.1. The van der Waals surface area contributed by atoms with Crippen LogP contribution >= 0.6 is 17.9 Å². The molecule has 49 heavy (non-hydrogen) atoms. The zero-order valence-corrected chi connectivity index (χ0v) is 36.9. The quantitative estimate of drug-likeness (QED) is 0.0271. The van der Waals surface area contributed by atoms with E-state index in [9.17, 15) is 9.59 Å². The van der Waals surface area contributed by atoms with Gasteiger partial charge in [-0.1, -0.05) is 88.1 Å². The van der Waals surface area contributed by atoms with Crippen LogP contribution in [0.25, 0.3) is 0 Å². The van der Waals surface area contributed by atoms with Crippen molar-refractivity contribution in [3.63, 3.8) is 0 Å². The van der Waals surface area contributed by atoms with Crippen LogP contribution in [0.2, 0.25) is 9.88 Å². The van der Waals surface area contributed by atoms with Gasteiger partial charge in [0.2, 0.25) is 0 Å². The summed E-state index contributed by atoms with van der Waals surface area (Å²) >= 11 is -2.32. The maximum absolute atomic E-state index is 12.1. The van der Waals surface area contributed by atoms with E-state index in [2.05, 4.69) is 72.3 Å². The normalized spacial score (nSPS) is 12.3.